The van der Waals surface area contributed by atoms with Crippen LogP contribution in [0.15, 0.2) is 54.6 Å². The van der Waals surface area contributed by atoms with E-state index >= 15 is 0 Å². The summed E-state index contributed by atoms with van der Waals surface area (Å²) in [6.45, 7) is 6.87. The molecule has 9 heteroatoms. The van der Waals surface area contributed by atoms with Crippen LogP contribution in [0.3, 0.4) is 0 Å². The normalized spacial score (nSPS) is 13.4. The summed E-state index contributed by atoms with van der Waals surface area (Å²) >= 11 is 0. The lowest BCUT2D eigenvalue weighted by Gasteiger charge is -2.19. The number of nitrogens with zero attached hydrogens (tertiary/aromatic N) is 3. The van der Waals surface area contributed by atoms with Crippen LogP contribution in [-0.4, -0.2) is 39.1 Å². The third-order valence-electron chi connectivity index (χ3n) is 5.94. The molecule has 3 aromatic rings. The van der Waals surface area contributed by atoms with Crippen LogP contribution in [0.25, 0.3) is 10.9 Å². The number of carbonyl (C=O) groups is 3. The molecule has 1 aliphatic rings. The molecule has 1 aromatic heterocycles. The van der Waals surface area contributed by atoms with Gasteiger partial charge in [0, 0.05) is 30.6 Å². The van der Waals surface area contributed by atoms with Crippen LogP contribution in [0, 0.1) is 0 Å². The lowest BCUT2D eigenvalue weighted by molar-refractivity contribution is -0.122. The fourth-order valence-corrected chi connectivity index (χ4v) is 4.18. The molecule has 0 radical (unpaired) electrons. The number of rotatable bonds is 7. The highest BCUT2D eigenvalue weighted by Crippen LogP contribution is 2.30. The minimum atomic E-state index is -0.721. The average molecular weight is 459 g/mol. The summed E-state index contributed by atoms with van der Waals surface area (Å²) in [6.07, 6.45) is 0.0488. The predicted octanol–water partition coefficient (Wildman–Crippen LogP) is 2.02. The van der Waals surface area contributed by atoms with Crippen molar-refractivity contribution in [3.05, 3.63) is 77.0 Å². The number of anilines is 1. The van der Waals surface area contributed by atoms with Gasteiger partial charge in [0.05, 0.1) is 11.4 Å². The Morgan fingerprint density at radius 1 is 1.12 bits per heavy atom. The molecule has 0 aliphatic carbocycles. The summed E-state index contributed by atoms with van der Waals surface area (Å²) in [6, 6.07) is 13.0. The number of hydrogen-bond donors (Lipinski definition) is 3. The largest absolute Gasteiger partial charge is 0.368 e. The number of likely N-dealkylation sites (N-methyl/N-ethyl adjacent to an activating group) is 1. The number of fused-ring (bicyclic) bond motifs is 2. The van der Waals surface area contributed by atoms with Gasteiger partial charge in [0.2, 0.25) is 17.8 Å². The van der Waals surface area contributed by atoms with E-state index in [2.05, 4.69) is 21.9 Å². The number of nitrogens with one attached hydrogen (secondary N) is 1. The van der Waals surface area contributed by atoms with Crippen molar-refractivity contribution >= 4 is 34.6 Å². The first-order valence-corrected chi connectivity index (χ1v) is 11.0. The Bertz CT molecular complexity index is 1290. The smallest absolute Gasteiger partial charge is 0.273 e. The quantitative estimate of drug-likeness (QED) is 0.462. The van der Waals surface area contributed by atoms with E-state index in [1.165, 1.54) is 0 Å². The Kier molecular flexibility index (Phi) is 6.27. The fourth-order valence-electron chi connectivity index (χ4n) is 4.18. The third-order valence-corrected chi connectivity index (χ3v) is 5.94. The SMILES string of the molecule is C=C(CC(C(=O)NCC)c1ccc2nc(N)nc(C(=O)N3Cc4ccccc4C3)c2c1)C(N)=O. The summed E-state index contributed by atoms with van der Waals surface area (Å²) in [5.74, 6) is -1.95. The van der Waals surface area contributed by atoms with Crippen molar-refractivity contribution in [1.82, 2.24) is 20.2 Å². The van der Waals surface area contributed by atoms with E-state index in [9.17, 15) is 14.4 Å². The second kappa shape index (κ2) is 9.30. The zero-order valence-electron chi connectivity index (χ0n) is 18.9. The van der Waals surface area contributed by atoms with Crippen molar-refractivity contribution in [2.45, 2.75) is 32.4 Å². The molecule has 174 valence electrons. The molecular weight excluding hydrogens is 432 g/mol. The summed E-state index contributed by atoms with van der Waals surface area (Å²) in [5, 5.41) is 3.26. The molecule has 2 heterocycles. The summed E-state index contributed by atoms with van der Waals surface area (Å²) in [7, 11) is 0. The number of nitrogens with two attached hydrogens (primary N) is 2. The molecule has 34 heavy (non-hydrogen) atoms. The van der Waals surface area contributed by atoms with E-state index in [4.69, 9.17) is 11.5 Å². The number of hydrogen-bond acceptors (Lipinski definition) is 6. The molecule has 1 atom stereocenters. The molecule has 5 N–H and O–H groups in total. The van der Waals surface area contributed by atoms with Crippen molar-refractivity contribution < 1.29 is 14.4 Å². The van der Waals surface area contributed by atoms with E-state index in [-0.39, 0.29) is 35.5 Å². The van der Waals surface area contributed by atoms with Crippen molar-refractivity contribution in [2.75, 3.05) is 12.3 Å². The van der Waals surface area contributed by atoms with Gasteiger partial charge in [-0.2, -0.15) is 0 Å². The maximum atomic E-state index is 13.5. The monoisotopic (exact) mass is 458 g/mol. The Balaban J connectivity index is 1.75. The zero-order valence-corrected chi connectivity index (χ0v) is 18.9. The number of nitrogen functional groups attached to an aromatic ring is 1. The Labute approximate surface area is 196 Å². The van der Waals surface area contributed by atoms with Crippen LogP contribution in [-0.2, 0) is 22.7 Å². The van der Waals surface area contributed by atoms with Gasteiger partial charge in [-0.3, -0.25) is 14.4 Å². The van der Waals surface area contributed by atoms with Crippen LogP contribution < -0.4 is 16.8 Å². The number of amides is 3. The molecule has 1 aliphatic heterocycles. The Morgan fingerprint density at radius 2 is 1.79 bits per heavy atom. The highest BCUT2D eigenvalue weighted by Gasteiger charge is 2.28. The van der Waals surface area contributed by atoms with Crippen LogP contribution in [0.4, 0.5) is 5.95 Å². The van der Waals surface area contributed by atoms with Gasteiger partial charge in [0.25, 0.3) is 5.91 Å². The van der Waals surface area contributed by atoms with Gasteiger partial charge in [-0.15, -0.1) is 0 Å². The fraction of sp³-hybridized carbons (Fsp3) is 0.240. The maximum absolute atomic E-state index is 13.5. The van der Waals surface area contributed by atoms with E-state index in [0.717, 1.165) is 11.1 Å². The molecule has 4 rings (SSSR count). The van der Waals surface area contributed by atoms with Crippen molar-refractivity contribution in [2.24, 2.45) is 5.73 Å². The molecule has 0 saturated carbocycles. The van der Waals surface area contributed by atoms with E-state index in [0.29, 0.717) is 36.1 Å². The molecule has 0 saturated heterocycles. The van der Waals surface area contributed by atoms with Gasteiger partial charge < -0.3 is 21.7 Å². The minimum Gasteiger partial charge on any atom is -0.368 e. The first-order chi connectivity index (χ1) is 16.3. The van der Waals surface area contributed by atoms with Gasteiger partial charge in [0.15, 0.2) is 0 Å². The number of carbonyl (C=O) groups excluding carboxylic acids is 3. The average Bonchev–Trinajstić information content (AvgIpc) is 3.25. The summed E-state index contributed by atoms with van der Waals surface area (Å²) in [4.78, 5) is 48.1. The lowest BCUT2D eigenvalue weighted by atomic mass is 9.90. The zero-order chi connectivity index (χ0) is 24.4. The Morgan fingerprint density at radius 3 is 2.41 bits per heavy atom. The molecular formula is C25H26N6O3. The second-order valence-electron chi connectivity index (χ2n) is 8.26. The minimum absolute atomic E-state index is 0.0114. The van der Waals surface area contributed by atoms with Crippen molar-refractivity contribution in [3.8, 4) is 0 Å². The van der Waals surface area contributed by atoms with Crippen LogP contribution >= 0.6 is 0 Å². The molecule has 2 aromatic carbocycles. The van der Waals surface area contributed by atoms with E-state index in [1.807, 2.05) is 24.3 Å². The highest BCUT2D eigenvalue weighted by atomic mass is 16.2. The molecule has 0 bridgehead atoms. The van der Waals surface area contributed by atoms with Gasteiger partial charge in [-0.25, -0.2) is 9.97 Å². The van der Waals surface area contributed by atoms with Crippen LogP contribution in [0.2, 0.25) is 0 Å². The van der Waals surface area contributed by atoms with Gasteiger partial charge >= 0.3 is 0 Å². The first-order valence-electron chi connectivity index (χ1n) is 11.0. The van der Waals surface area contributed by atoms with Crippen molar-refractivity contribution in [3.63, 3.8) is 0 Å². The number of benzene rings is 2. The molecule has 0 fully saturated rings. The molecule has 9 nitrogen and oxygen atoms in total. The lowest BCUT2D eigenvalue weighted by Crippen LogP contribution is -2.30. The maximum Gasteiger partial charge on any atom is 0.273 e. The summed E-state index contributed by atoms with van der Waals surface area (Å²) in [5.41, 5.74) is 14.8. The standard InChI is InChI=1S/C25H26N6O3/c1-3-28-23(33)18(10-14(2)22(26)32)15-8-9-20-19(11-15)21(30-25(27)29-20)24(34)31-12-16-6-4-5-7-17(16)13-31/h4-9,11,18H,2-3,10,12-13H2,1H3,(H2,26,32)(H,28,33)(H2,27,29,30). The first kappa shape index (κ1) is 22.9. The van der Waals surface area contributed by atoms with Crippen LogP contribution in [0.5, 0.6) is 0 Å². The predicted molar refractivity (Wildman–Crippen MR) is 128 cm³/mol. The molecule has 1 unspecified atom stereocenters. The van der Waals surface area contributed by atoms with Gasteiger partial charge in [0.1, 0.15) is 5.69 Å². The number of primary amides is 1. The van der Waals surface area contributed by atoms with Gasteiger partial charge in [-0.1, -0.05) is 36.9 Å². The Hall–Kier alpha value is -4.27. The summed E-state index contributed by atoms with van der Waals surface area (Å²) < 4.78 is 0. The van der Waals surface area contributed by atoms with Crippen molar-refractivity contribution in [1.29, 1.82) is 0 Å². The number of aromatic nitrogens is 2. The molecule has 3 amide bonds. The third kappa shape index (κ3) is 4.45. The highest BCUT2D eigenvalue weighted by molar-refractivity contribution is 6.05. The molecule has 0 spiro atoms. The topological polar surface area (TPSA) is 144 Å². The van der Waals surface area contributed by atoms with Gasteiger partial charge in [-0.05, 0) is 42.2 Å². The van der Waals surface area contributed by atoms with E-state index in [1.54, 1.807) is 30.0 Å². The van der Waals surface area contributed by atoms with Crippen LogP contribution in [0.1, 0.15) is 46.4 Å². The second-order valence-corrected chi connectivity index (χ2v) is 8.26. The van der Waals surface area contributed by atoms with E-state index < -0.39 is 11.8 Å².